The highest BCUT2D eigenvalue weighted by Crippen LogP contribution is 2.20. The summed E-state index contributed by atoms with van der Waals surface area (Å²) in [5.74, 6) is 1.35. The van der Waals surface area contributed by atoms with E-state index in [2.05, 4.69) is 29.5 Å². The molecule has 1 aliphatic rings. The van der Waals surface area contributed by atoms with Crippen LogP contribution in [0.25, 0.3) is 0 Å². The number of halogens is 1. The summed E-state index contributed by atoms with van der Waals surface area (Å²) in [5, 5.41) is 7.89. The van der Waals surface area contributed by atoms with Gasteiger partial charge in [-0.15, -0.1) is 35.3 Å². The van der Waals surface area contributed by atoms with Crippen LogP contribution in [0.5, 0.6) is 0 Å². The van der Waals surface area contributed by atoms with Crippen LogP contribution in [0, 0.1) is 5.92 Å². The number of hydrogen-bond acceptors (Lipinski definition) is 5. The van der Waals surface area contributed by atoms with E-state index in [-0.39, 0.29) is 30.1 Å². The molecule has 1 amide bonds. The second kappa shape index (κ2) is 13.3. The topological polar surface area (TPSA) is 78.9 Å². The molecule has 30 heavy (non-hydrogen) atoms. The number of likely N-dealkylation sites (tertiary alicyclic amines) is 1. The van der Waals surface area contributed by atoms with E-state index in [9.17, 15) is 4.79 Å². The highest BCUT2D eigenvalue weighted by Gasteiger charge is 2.26. The van der Waals surface area contributed by atoms with Gasteiger partial charge >= 0.3 is 6.09 Å². The summed E-state index contributed by atoms with van der Waals surface area (Å²) in [6.07, 6.45) is 5.64. The number of piperidine rings is 1. The number of carbonyl (C=O) groups excluding carboxylic acids is 1. The summed E-state index contributed by atoms with van der Waals surface area (Å²) in [4.78, 5) is 24.6. The summed E-state index contributed by atoms with van der Waals surface area (Å²) < 4.78 is 5.47. The van der Waals surface area contributed by atoms with Gasteiger partial charge in [0.15, 0.2) is 5.96 Å². The Kier molecular flexibility index (Phi) is 12.0. The average Bonchev–Trinajstić information content (AvgIpc) is 3.13. The number of aryl methyl sites for hydroxylation is 1. The van der Waals surface area contributed by atoms with Gasteiger partial charge in [-0.3, -0.25) is 4.99 Å². The van der Waals surface area contributed by atoms with Crippen LogP contribution in [0.15, 0.2) is 11.2 Å². The number of thiazole rings is 1. The lowest BCUT2D eigenvalue weighted by Crippen LogP contribution is -2.42. The van der Waals surface area contributed by atoms with Crippen LogP contribution < -0.4 is 10.6 Å². The number of nitrogens with zero attached hydrogens (tertiary/aromatic N) is 3. The molecule has 2 heterocycles. The first-order valence-electron chi connectivity index (χ1n) is 10.7. The third-order valence-corrected chi connectivity index (χ3v) is 5.90. The van der Waals surface area contributed by atoms with Crippen molar-refractivity contribution in [2.45, 2.75) is 65.9 Å². The average molecular weight is 552 g/mol. The van der Waals surface area contributed by atoms with Gasteiger partial charge in [-0.25, -0.2) is 9.78 Å². The molecule has 1 aromatic rings. The monoisotopic (exact) mass is 551 g/mol. The van der Waals surface area contributed by atoms with Crippen LogP contribution in [0.1, 0.15) is 57.3 Å². The number of amides is 1. The van der Waals surface area contributed by atoms with Crippen molar-refractivity contribution in [2.24, 2.45) is 10.9 Å². The van der Waals surface area contributed by atoms with Crippen molar-refractivity contribution in [3.8, 4) is 0 Å². The fraction of sp³-hybridized carbons (Fsp3) is 0.762. The van der Waals surface area contributed by atoms with E-state index in [1.165, 1.54) is 9.88 Å². The van der Waals surface area contributed by atoms with Crippen molar-refractivity contribution >= 4 is 47.4 Å². The first kappa shape index (κ1) is 26.9. The maximum Gasteiger partial charge on any atom is 0.410 e. The molecule has 0 spiro atoms. The van der Waals surface area contributed by atoms with Crippen LogP contribution in [0.2, 0.25) is 0 Å². The van der Waals surface area contributed by atoms with Gasteiger partial charge in [0.25, 0.3) is 0 Å². The van der Waals surface area contributed by atoms with Gasteiger partial charge in [0.05, 0.1) is 5.01 Å². The largest absolute Gasteiger partial charge is 0.444 e. The van der Waals surface area contributed by atoms with Crippen LogP contribution >= 0.6 is 35.3 Å². The Balaban J connectivity index is 0.00000450. The van der Waals surface area contributed by atoms with Crippen molar-refractivity contribution in [3.05, 3.63) is 16.1 Å². The standard InChI is InChI=1S/C21H37N5O2S.HI/c1-6-17-15-24-18(29-17)8-11-23-19(22-7-2)25-14-16-9-12-26(13-10-16)20(27)28-21(3,4)5;/h15-16H,6-14H2,1-5H3,(H2,22,23,25);1H. The molecule has 0 radical (unpaired) electrons. The lowest BCUT2D eigenvalue weighted by atomic mass is 9.97. The molecule has 0 atom stereocenters. The van der Waals surface area contributed by atoms with Gasteiger partial charge in [0.1, 0.15) is 5.60 Å². The molecule has 9 heteroatoms. The molecule has 1 fully saturated rings. The zero-order valence-electron chi connectivity index (χ0n) is 19.0. The molecule has 172 valence electrons. The second-order valence-corrected chi connectivity index (χ2v) is 9.58. The van der Waals surface area contributed by atoms with Crippen LogP contribution in [0.3, 0.4) is 0 Å². The highest BCUT2D eigenvalue weighted by atomic mass is 127. The molecule has 1 aromatic heterocycles. The van der Waals surface area contributed by atoms with Gasteiger partial charge in [-0.2, -0.15) is 0 Å². The van der Waals surface area contributed by atoms with Crippen molar-refractivity contribution in [1.82, 2.24) is 20.5 Å². The van der Waals surface area contributed by atoms with Crippen LogP contribution in [0.4, 0.5) is 4.79 Å². The zero-order valence-corrected chi connectivity index (χ0v) is 22.1. The van der Waals surface area contributed by atoms with Gasteiger partial charge < -0.3 is 20.3 Å². The van der Waals surface area contributed by atoms with E-state index in [1.807, 2.05) is 31.9 Å². The number of aliphatic imine (C=N–C) groups is 1. The molecule has 0 saturated carbocycles. The Morgan fingerprint density at radius 1 is 1.30 bits per heavy atom. The Morgan fingerprint density at radius 3 is 2.57 bits per heavy atom. The summed E-state index contributed by atoms with van der Waals surface area (Å²) in [5.41, 5.74) is -0.443. The third kappa shape index (κ3) is 9.80. The summed E-state index contributed by atoms with van der Waals surface area (Å²) in [6.45, 7) is 13.8. The Labute approximate surface area is 202 Å². The molecule has 0 aromatic carbocycles. The van der Waals surface area contributed by atoms with Crippen molar-refractivity contribution in [2.75, 3.05) is 32.7 Å². The molecule has 2 N–H and O–H groups in total. The minimum absolute atomic E-state index is 0. The number of hydrogen-bond donors (Lipinski definition) is 2. The molecule has 1 aliphatic heterocycles. The highest BCUT2D eigenvalue weighted by molar-refractivity contribution is 14.0. The predicted octanol–water partition coefficient (Wildman–Crippen LogP) is 4.07. The van der Waals surface area contributed by atoms with Gasteiger partial charge in [-0.05, 0) is 52.9 Å². The molecule has 7 nitrogen and oxygen atoms in total. The molecular weight excluding hydrogens is 513 g/mol. The van der Waals surface area contributed by atoms with E-state index in [4.69, 9.17) is 9.73 Å². The zero-order chi connectivity index (χ0) is 21.3. The fourth-order valence-corrected chi connectivity index (χ4v) is 3.96. The van der Waals surface area contributed by atoms with E-state index in [0.717, 1.165) is 64.4 Å². The first-order valence-corrected chi connectivity index (χ1v) is 11.6. The Bertz CT molecular complexity index is 667. The second-order valence-electron chi connectivity index (χ2n) is 8.38. The first-order chi connectivity index (χ1) is 13.8. The lowest BCUT2D eigenvalue weighted by molar-refractivity contribution is 0.0187. The summed E-state index contributed by atoms with van der Waals surface area (Å²) in [7, 11) is 0. The lowest BCUT2D eigenvalue weighted by Gasteiger charge is -2.33. The summed E-state index contributed by atoms with van der Waals surface area (Å²) >= 11 is 1.79. The Morgan fingerprint density at radius 2 is 2.00 bits per heavy atom. The molecule has 0 unspecified atom stereocenters. The van der Waals surface area contributed by atoms with E-state index < -0.39 is 5.60 Å². The molecule has 1 saturated heterocycles. The minimum atomic E-state index is -0.443. The quantitative estimate of drug-likeness (QED) is 0.304. The van der Waals surface area contributed by atoms with Crippen LogP contribution in [-0.4, -0.2) is 60.3 Å². The maximum atomic E-state index is 12.2. The van der Waals surface area contributed by atoms with Crippen molar-refractivity contribution in [3.63, 3.8) is 0 Å². The predicted molar refractivity (Wildman–Crippen MR) is 135 cm³/mol. The van der Waals surface area contributed by atoms with Gasteiger partial charge in [0, 0.05) is 50.2 Å². The molecule has 0 bridgehead atoms. The number of nitrogens with one attached hydrogen (secondary N) is 2. The number of aromatic nitrogens is 1. The Hall–Kier alpha value is -1.10. The van der Waals surface area contributed by atoms with Crippen molar-refractivity contribution in [1.29, 1.82) is 0 Å². The fourth-order valence-electron chi connectivity index (χ4n) is 3.10. The van der Waals surface area contributed by atoms with Gasteiger partial charge in [-0.1, -0.05) is 6.92 Å². The third-order valence-electron chi connectivity index (χ3n) is 4.70. The smallest absolute Gasteiger partial charge is 0.410 e. The molecular formula is C21H38IN5O2S. The SMILES string of the molecule is CCNC(=NCC1CCN(C(=O)OC(C)(C)C)CC1)NCCc1ncc(CC)s1.I. The summed E-state index contributed by atoms with van der Waals surface area (Å²) in [6, 6.07) is 0. The number of guanidine groups is 1. The van der Waals surface area contributed by atoms with E-state index in [0.29, 0.717) is 5.92 Å². The molecule has 2 rings (SSSR count). The number of rotatable bonds is 7. The van der Waals surface area contributed by atoms with Crippen LogP contribution in [-0.2, 0) is 17.6 Å². The minimum Gasteiger partial charge on any atom is -0.444 e. The van der Waals surface area contributed by atoms with Gasteiger partial charge in [0.2, 0.25) is 0 Å². The number of ether oxygens (including phenoxy) is 1. The van der Waals surface area contributed by atoms with Crippen molar-refractivity contribution < 1.29 is 9.53 Å². The molecule has 0 aliphatic carbocycles. The normalized spacial score (nSPS) is 15.5. The maximum absolute atomic E-state index is 12.2. The van der Waals surface area contributed by atoms with E-state index in [1.54, 1.807) is 11.3 Å². The van der Waals surface area contributed by atoms with E-state index >= 15 is 0 Å². The number of carbonyl (C=O) groups is 1.